The molecule has 2 N–H and O–H groups in total. The zero-order valence-corrected chi connectivity index (χ0v) is 10.4. The van der Waals surface area contributed by atoms with Crippen LogP contribution in [0.25, 0.3) is 33.6 Å². The van der Waals surface area contributed by atoms with Crippen LogP contribution >= 0.6 is 0 Å². The minimum absolute atomic E-state index is 0.161. The van der Waals surface area contributed by atoms with E-state index in [9.17, 15) is 4.79 Å². The van der Waals surface area contributed by atoms with Crippen molar-refractivity contribution in [2.45, 2.75) is 0 Å². The fourth-order valence-electron chi connectivity index (χ4n) is 2.26. The third-order valence-corrected chi connectivity index (χ3v) is 3.23. The van der Waals surface area contributed by atoms with Crippen LogP contribution in [0.2, 0.25) is 0 Å². The van der Waals surface area contributed by atoms with Crippen LogP contribution in [-0.2, 0) is 0 Å². The van der Waals surface area contributed by atoms with Crippen molar-refractivity contribution in [1.29, 1.82) is 0 Å². The van der Waals surface area contributed by atoms with Crippen LogP contribution in [0.3, 0.4) is 0 Å². The lowest BCUT2D eigenvalue weighted by molar-refractivity contribution is 1.13. The van der Waals surface area contributed by atoms with Crippen LogP contribution in [0.4, 0.5) is 0 Å². The number of aromatic nitrogens is 4. The number of benzene rings is 2. The van der Waals surface area contributed by atoms with Crippen molar-refractivity contribution < 1.29 is 0 Å². The number of hydrogen-bond donors (Lipinski definition) is 2. The van der Waals surface area contributed by atoms with Crippen molar-refractivity contribution in [2.24, 2.45) is 0 Å². The molecule has 0 fully saturated rings. The SMILES string of the molecule is O=c1[nH]c(-c2nc3ccccc3[nH]2)nc2ccccc12. The Kier molecular flexibility index (Phi) is 2.20. The van der Waals surface area contributed by atoms with Gasteiger partial charge < -0.3 is 9.97 Å². The molecular weight excluding hydrogens is 252 g/mol. The first-order valence-corrected chi connectivity index (χ1v) is 6.25. The molecule has 0 unspecified atom stereocenters. The molecule has 96 valence electrons. The summed E-state index contributed by atoms with van der Waals surface area (Å²) < 4.78 is 0. The van der Waals surface area contributed by atoms with Gasteiger partial charge in [0, 0.05) is 0 Å². The lowest BCUT2D eigenvalue weighted by Gasteiger charge is -1.99. The van der Waals surface area contributed by atoms with E-state index in [-0.39, 0.29) is 5.56 Å². The lowest BCUT2D eigenvalue weighted by atomic mass is 10.2. The normalized spacial score (nSPS) is 11.2. The van der Waals surface area contributed by atoms with Gasteiger partial charge in [-0.3, -0.25) is 4.79 Å². The van der Waals surface area contributed by atoms with E-state index in [1.807, 2.05) is 42.5 Å². The quantitative estimate of drug-likeness (QED) is 0.553. The molecule has 0 spiro atoms. The maximum absolute atomic E-state index is 12.1. The topological polar surface area (TPSA) is 74.4 Å². The van der Waals surface area contributed by atoms with Crippen LogP contribution < -0.4 is 5.56 Å². The zero-order chi connectivity index (χ0) is 13.5. The molecule has 0 amide bonds. The molecule has 0 aliphatic heterocycles. The molecule has 2 aromatic carbocycles. The molecule has 0 bridgehead atoms. The van der Waals surface area contributed by atoms with Gasteiger partial charge in [-0.05, 0) is 24.3 Å². The summed E-state index contributed by atoms with van der Waals surface area (Å²) in [6.45, 7) is 0. The number of nitrogens with zero attached hydrogens (tertiary/aromatic N) is 2. The minimum atomic E-state index is -0.161. The molecule has 2 aromatic heterocycles. The molecule has 0 aliphatic rings. The predicted molar refractivity (Wildman–Crippen MR) is 77.5 cm³/mol. The van der Waals surface area contributed by atoms with Crippen LogP contribution in [0.15, 0.2) is 53.3 Å². The summed E-state index contributed by atoms with van der Waals surface area (Å²) in [4.78, 5) is 26.9. The summed E-state index contributed by atoms with van der Waals surface area (Å²) in [5, 5.41) is 0.576. The third kappa shape index (κ3) is 1.60. The standard InChI is InChI=1S/C15H10N4O/c20-15-9-5-1-2-6-10(9)16-14(19-15)13-17-11-7-3-4-8-12(11)18-13/h1-8H,(H,17,18)(H,16,19,20). The average molecular weight is 262 g/mol. The highest BCUT2D eigenvalue weighted by Gasteiger charge is 2.09. The van der Waals surface area contributed by atoms with Crippen molar-refractivity contribution >= 4 is 21.9 Å². The van der Waals surface area contributed by atoms with Crippen LogP contribution in [-0.4, -0.2) is 19.9 Å². The van der Waals surface area contributed by atoms with Crippen LogP contribution in [0.1, 0.15) is 0 Å². The molecule has 2 heterocycles. The van der Waals surface area contributed by atoms with Crippen molar-refractivity contribution in [1.82, 2.24) is 19.9 Å². The van der Waals surface area contributed by atoms with E-state index in [0.717, 1.165) is 11.0 Å². The fraction of sp³-hybridized carbons (Fsp3) is 0. The summed E-state index contributed by atoms with van der Waals surface area (Å²) in [6, 6.07) is 14.9. The number of hydrogen-bond acceptors (Lipinski definition) is 3. The second kappa shape index (κ2) is 4.03. The van der Waals surface area contributed by atoms with Gasteiger partial charge in [-0.2, -0.15) is 0 Å². The first-order valence-electron chi connectivity index (χ1n) is 6.25. The maximum atomic E-state index is 12.1. The smallest absolute Gasteiger partial charge is 0.259 e. The summed E-state index contributed by atoms with van der Waals surface area (Å²) in [6.07, 6.45) is 0. The lowest BCUT2D eigenvalue weighted by Crippen LogP contribution is -2.09. The summed E-state index contributed by atoms with van der Waals surface area (Å²) in [5.41, 5.74) is 2.26. The Labute approximate surface area is 113 Å². The van der Waals surface area contributed by atoms with Crippen molar-refractivity contribution in [3.05, 3.63) is 58.9 Å². The van der Waals surface area contributed by atoms with Gasteiger partial charge in [0.15, 0.2) is 11.6 Å². The molecule has 0 aliphatic carbocycles. The molecule has 20 heavy (non-hydrogen) atoms. The van der Waals surface area contributed by atoms with Crippen LogP contribution in [0, 0.1) is 0 Å². The molecular formula is C15H10N4O. The molecule has 4 aromatic rings. The highest BCUT2D eigenvalue weighted by atomic mass is 16.1. The highest BCUT2D eigenvalue weighted by Crippen LogP contribution is 2.17. The Hall–Kier alpha value is -2.95. The highest BCUT2D eigenvalue weighted by molar-refractivity contribution is 5.81. The number of H-pyrrole nitrogens is 2. The third-order valence-electron chi connectivity index (χ3n) is 3.23. The Balaban J connectivity index is 1.99. The van der Waals surface area contributed by atoms with Crippen LogP contribution in [0.5, 0.6) is 0 Å². The van der Waals surface area contributed by atoms with E-state index < -0.39 is 0 Å². The second-order valence-electron chi connectivity index (χ2n) is 4.53. The van der Waals surface area contributed by atoms with Crippen molar-refractivity contribution in [3.8, 4) is 11.6 Å². The largest absolute Gasteiger partial charge is 0.335 e. The number of rotatable bonds is 1. The van der Waals surface area contributed by atoms with E-state index in [0.29, 0.717) is 22.6 Å². The maximum Gasteiger partial charge on any atom is 0.259 e. The van der Waals surface area contributed by atoms with Crippen molar-refractivity contribution in [2.75, 3.05) is 0 Å². The summed E-state index contributed by atoms with van der Waals surface area (Å²) in [7, 11) is 0. The van der Waals surface area contributed by atoms with E-state index in [1.54, 1.807) is 6.07 Å². The molecule has 5 nitrogen and oxygen atoms in total. The Bertz CT molecular complexity index is 951. The van der Waals surface area contributed by atoms with Gasteiger partial charge in [-0.15, -0.1) is 0 Å². The minimum Gasteiger partial charge on any atom is -0.335 e. The summed E-state index contributed by atoms with van der Waals surface area (Å²) in [5.74, 6) is 1.01. The van der Waals surface area contributed by atoms with E-state index in [2.05, 4.69) is 19.9 Å². The number of para-hydroxylation sites is 3. The second-order valence-corrected chi connectivity index (χ2v) is 4.53. The average Bonchev–Trinajstić information content (AvgIpc) is 2.91. The van der Waals surface area contributed by atoms with E-state index >= 15 is 0 Å². The Morgan fingerprint density at radius 2 is 1.40 bits per heavy atom. The molecule has 4 rings (SSSR count). The molecule has 5 heteroatoms. The first-order chi connectivity index (χ1) is 9.81. The van der Waals surface area contributed by atoms with Gasteiger partial charge in [0.2, 0.25) is 0 Å². The Morgan fingerprint density at radius 3 is 2.25 bits per heavy atom. The number of fused-ring (bicyclic) bond motifs is 2. The number of imidazole rings is 1. The van der Waals surface area contributed by atoms with Gasteiger partial charge in [0.05, 0.1) is 21.9 Å². The van der Waals surface area contributed by atoms with Gasteiger partial charge in [-0.25, -0.2) is 9.97 Å². The van der Waals surface area contributed by atoms with Gasteiger partial charge >= 0.3 is 0 Å². The molecule has 0 saturated carbocycles. The number of nitrogens with one attached hydrogen (secondary N) is 2. The molecule has 0 atom stereocenters. The van der Waals surface area contributed by atoms with E-state index in [4.69, 9.17) is 0 Å². The fourth-order valence-corrected chi connectivity index (χ4v) is 2.26. The predicted octanol–water partition coefficient (Wildman–Crippen LogP) is 2.47. The molecule has 0 radical (unpaired) electrons. The first kappa shape index (κ1) is 10.9. The zero-order valence-electron chi connectivity index (χ0n) is 10.4. The molecule has 0 saturated heterocycles. The van der Waals surface area contributed by atoms with Gasteiger partial charge in [0.1, 0.15) is 0 Å². The van der Waals surface area contributed by atoms with Crippen molar-refractivity contribution in [3.63, 3.8) is 0 Å². The number of aromatic amines is 2. The van der Waals surface area contributed by atoms with Gasteiger partial charge in [-0.1, -0.05) is 24.3 Å². The van der Waals surface area contributed by atoms with E-state index in [1.165, 1.54) is 0 Å². The monoisotopic (exact) mass is 262 g/mol. The summed E-state index contributed by atoms with van der Waals surface area (Å²) >= 11 is 0. The van der Waals surface area contributed by atoms with Gasteiger partial charge in [0.25, 0.3) is 5.56 Å². The Morgan fingerprint density at radius 1 is 0.750 bits per heavy atom.